The van der Waals surface area contributed by atoms with Gasteiger partial charge < -0.3 is 5.32 Å². The lowest BCUT2D eigenvalue weighted by atomic mass is 9.86. The zero-order chi connectivity index (χ0) is 13.2. The summed E-state index contributed by atoms with van der Waals surface area (Å²) >= 11 is 0. The van der Waals surface area contributed by atoms with Crippen molar-refractivity contribution in [3.05, 3.63) is 11.3 Å². The van der Waals surface area contributed by atoms with Crippen molar-refractivity contribution in [2.24, 2.45) is 5.92 Å². The SMILES string of the molecule is CNCc1c(S(=O)(=O)NCC2CCC2)n[nH]c1C. The van der Waals surface area contributed by atoms with E-state index in [9.17, 15) is 8.42 Å². The lowest BCUT2D eigenvalue weighted by Gasteiger charge is -2.25. The number of aromatic amines is 1. The molecule has 0 aliphatic heterocycles. The number of hydrogen-bond donors (Lipinski definition) is 3. The lowest BCUT2D eigenvalue weighted by Crippen LogP contribution is -2.33. The van der Waals surface area contributed by atoms with Crippen LogP contribution in [0.15, 0.2) is 5.03 Å². The fourth-order valence-corrected chi connectivity index (χ4v) is 3.34. The van der Waals surface area contributed by atoms with Crippen molar-refractivity contribution in [1.82, 2.24) is 20.2 Å². The zero-order valence-electron chi connectivity index (χ0n) is 10.8. The summed E-state index contributed by atoms with van der Waals surface area (Å²) in [6, 6.07) is 0. The van der Waals surface area contributed by atoms with E-state index in [4.69, 9.17) is 0 Å². The Labute approximate surface area is 108 Å². The van der Waals surface area contributed by atoms with Gasteiger partial charge in [-0.3, -0.25) is 5.10 Å². The third-order valence-electron chi connectivity index (χ3n) is 3.43. The average molecular weight is 272 g/mol. The zero-order valence-corrected chi connectivity index (χ0v) is 11.6. The Balaban J connectivity index is 2.12. The van der Waals surface area contributed by atoms with Gasteiger partial charge in [-0.05, 0) is 32.7 Å². The standard InChI is InChI=1S/C11H20N4O2S/c1-8-10(7-12-2)11(15-14-8)18(16,17)13-6-9-4-3-5-9/h9,12-13H,3-7H2,1-2H3,(H,14,15). The van der Waals surface area contributed by atoms with Gasteiger partial charge in [0.2, 0.25) is 0 Å². The van der Waals surface area contributed by atoms with Gasteiger partial charge in [-0.25, -0.2) is 13.1 Å². The summed E-state index contributed by atoms with van der Waals surface area (Å²) in [5.41, 5.74) is 1.49. The fraction of sp³-hybridized carbons (Fsp3) is 0.727. The summed E-state index contributed by atoms with van der Waals surface area (Å²) < 4.78 is 27.0. The molecule has 1 heterocycles. The van der Waals surface area contributed by atoms with E-state index in [2.05, 4.69) is 20.2 Å². The highest BCUT2D eigenvalue weighted by molar-refractivity contribution is 7.89. The lowest BCUT2D eigenvalue weighted by molar-refractivity contribution is 0.316. The third-order valence-corrected chi connectivity index (χ3v) is 4.82. The predicted molar refractivity (Wildman–Crippen MR) is 68.6 cm³/mol. The molecule has 18 heavy (non-hydrogen) atoms. The molecule has 3 N–H and O–H groups in total. The summed E-state index contributed by atoms with van der Waals surface area (Å²) in [5.74, 6) is 0.493. The van der Waals surface area contributed by atoms with Gasteiger partial charge in [0.1, 0.15) is 0 Å². The molecule has 1 aliphatic rings. The van der Waals surface area contributed by atoms with Crippen LogP contribution in [-0.4, -0.2) is 32.2 Å². The van der Waals surface area contributed by atoms with Crippen molar-refractivity contribution in [3.63, 3.8) is 0 Å². The Kier molecular flexibility index (Phi) is 4.04. The number of H-pyrrole nitrogens is 1. The maximum Gasteiger partial charge on any atom is 0.260 e. The van der Waals surface area contributed by atoms with Gasteiger partial charge in [0.25, 0.3) is 10.0 Å². The van der Waals surface area contributed by atoms with Crippen LogP contribution in [0.2, 0.25) is 0 Å². The number of nitrogens with zero attached hydrogens (tertiary/aromatic N) is 1. The molecule has 0 saturated heterocycles. The molecule has 0 bridgehead atoms. The molecule has 2 rings (SSSR count). The third kappa shape index (κ3) is 2.73. The van der Waals surface area contributed by atoms with Crippen molar-refractivity contribution >= 4 is 10.0 Å². The Morgan fingerprint density at radius 2 is 2.17 bits per heavy atom. The summed E-state index contributed by atoms with van der Waals surface area (Å²) in [6.45, 7) is 2.83. The number of aromatic nitrogens is 2. The maximum atomic E-state index is 12.2. The Bertz CT molecular complexity index is 505. The maximum absolute atomic E-state index is 12.2. The summed E-state index contributed by atoms with van der Waals surface area (Å²) in [4.78, 5) is 0. The number of hydrogen-bond acceptors (Lipinski definition) is 4. The van der Waals surface area contributed by atoms with E-state index >= 15 is 0 Å². The van der Waals surface area contributed by atoms with Gasteiger partial charge in [-0.1, -0.05) is 6.42 Å². The Hall–Kier alpha value is -0.920. The van der Waals surface area contributed by atoms with Crippen molar-refractivity contribution in [1.29, 1.82) is 0 Å². The second kappa shape index (κ2) is 5.38. The van der Waals surface area contributed by atoms with Gasteiger partial charge >= 0.3 is 0 Å². The molecule has 102 valence electrons. The minimum Gasteiger partial charge on any atom is -0.316 e. The molecule has 1 aromatic rings. The van der Waals surface area contributed by atoms with E-state index < -0.39 is 10.0 Å². The van der Waals surface area contributed by atoms with E-state index in [1.54, 1.807) is 7.05 Å². The topological polar surface area (TPSA) is 86.9 Å². The van der Waals surface area contributed by atoms with Gasteiger partial charge in [0.05, 0.1) is 0 Å². The number of nitrogens with one attached hydrogen (secondary N) is 3. The molecule has 0 radical (unpaired) electrons. The molecule has 7 heteroatoms. The van der Waals surface area contributed by atoms with Crippen LogP contribution in [0.3, 0.4) is 0 Å². The minimum absolute atomic E-state index is 0.119. The van der Waals surface area contributed by atoms with Crippen molar-refractivity contribution in [2.45, 2.75) is 37.8 Å². The van der Waals surface area contributed by atoms with Crippen molar-refractivity contribution in [2.75, 3.05) is 13.6 Å². The highest BCUT2D eigenvalue weighted by atomic mass is 32.2. The molecule has 6 nitrogen and oxygen atoms in total. The van der Waals surface area contributed by atoms with Crippen molar-refractivity contribution in [3.8, 4) is 0 Å². The molecule has 1 aliphatic carbocycles. The van der Waals surface area contributed by atoms with Crippen LogP contribution in [-0.2, 0) is 16.6 Å². The summed E-state index contributed by atoms with van der Waals surface area (Å²) in [6.07, 6.45) is 3.44. The smallest absolute Gasteiger partial charge is 0.260 e. The molecule has 0 amide bonds. The Morgan fingerprint density at radius 3 is 2.72 bits per heavy atom. The van der Waals surface area contributed by atoms with Gasteiger partial charge in [0, 0.05) is 24.3 Å². The number of rotatable bonds is 6. The monoisotopic (exact) mass is 272 g/mol. The Morgan fingerprint density at radius 1 is 1.44 bits per heavy atom. The van der Waals surface area contributed by atoms with E-state index in [0.29, 0.717) is 24.6 Å². The highest BCUT2D eigenvalue weighted by Gasteiger charge is 2.25. The normalized spacial score (nSPS) is 16.8. The van der Waals surface area contributed by atoms with Crippen LogP contribution in [0.5, 0.6) is 0 Å². The quantitative estimate of drug-likeness (QED) is 0.704. The van der Waals surface area contributed by atoms with E-state index in [1.807, 2.05) is 6.92 Å². The van der Waals surface area contributed by atoms with E-state index in [-0.39, 0.29) is 5.03 Å². The molecule has 1 fully saturated rings. The molecule has 0 spiro atoms. The van der Waals surface area contributed by atoms with Crippen LogP contribution in [0.25, 0.3) is 0 Å². The molecule has 0 unspecified atom stereocenters. The number of sulfonamides is 1. The van der Waals surface area contributed by atoms with Crippen LogP contribution in [0.1, 0.15) is 30.5 Å². The first-order valence-electron chi connectivity index (χ1n) is 6.22. The van der Waals surface area contributed by atoms with Crippen LogP contribution >= 0.6 is 0 Å². The molecular formula is C11H20N4O2S. The molecular weight excluding hydrogens is 252 g/mol. The molecule has 1 aromatic heterocycles. The minimum atomic E-state index is -3.50. The second-order valence-corrected chi connectivity index (χ2v) is 6.49. The van der Waals surface area contributed by atoms with Crippen LogP contribution < -0.4 is 10.0 Å². The average Bonchev–Trinajstić information content (AvgIpc) is 2.59. The molecule has 1 saturated carbocycles. The van der Waals surface area contributed by atoms with Gasteiger partial charge in [-0.15, -0.1) is 0 Å². The first-order valence-corrected chi connectivity index (χ1v) is 7.71. The predicted octanol–water partition coefficient (Wildman–Crippen LogP) is 0.516. The largest absolute Gasteiger partial charge is 0.316 e. The number of aryl methyl sites for hydroxylation is 1. The van der Waals surface area contributed by atoms with Crippen LogP contribution in [0, 0.1) is 12.8 Å². The van der Waals surface area contributed by atoms with Crippen molar-refractivity contribution < 1.29 is 8.42 Å². The van der Waals surface area contributed by atoms with E-state index in [0.717, 1.165) is 18.5 Å². The first-order chi connectivity index (χ1) is 8.54. The fourth-order valence-electron chi connectivity index (χ4n) is 2.03. The second-order valence-electron chi connectivity index (χ2n) is 4.81. The first kappa shape index (κ1) is 13.5. The molecule has 0 aromatic carbocycles. The summed E-state index contributed by atoms with van der Waals surface area (Å²) in [7, 11) is -1.71. The van der Waals surface area contributed by atoms with E-state index in [1.165, 1.54) is 6.42 Å². The van der Waals surface area contributed by atoms with Crippen LogP contribution in [0.4, 0.5) is 0 Å². The summed E-state index contributed by atoms with van der Waals surface area (Å²) in [5, 5.41) is 9.72. The molecule has 0 atom stereocenters. The van der Waals surface area contributed by atoms with Gasteiger partial charge in [-0.2, -0.15) is 5.10 Å². The van der Waals surface area contributed by atoms with Gasteiger partial charge in [0.15, 0.2) is 5.03 Å². The highest BCUT2D eigenvalue weighted by Crippen LogP contribution is 2.26.